The highest BCUT2D eigenvalue weighted by atomic mass is 32.2. The molecule has 0 aromatic carbocycles. The van der Waals surface area contributed by atoms with E-state index in [1.54, 1.807) is 18.9 Å². The van der Waals surface area contributed by atoms with Crippen LogP contribution in [0.5, 0.6) is 0 Å². The molecule has 0 saturated heterocycles. The predicted octanol–water partition coefficient (Wildman–Crippen LogP) is 1.26. The van der Waals surface area contributed by atoms with Gasteiger partial charge in [-0.2, -0.15) is 17.0 Å². The molecule has 0 aromatic heterocycles. The summed E-state index contributed by atoms with van der Waals surface area (Å²) < 4.78 is 4.98. The van der Waals surface area contributed by atoms with Gasteiger partial charge in [-0.25, -0.2) is 0 Å². The largest absolute Gasteiger partial charge is 0.384 e. The number of methoxy groups -OCH3 is 1. The molecule has 0 aromatic rings. The van der Waals surface area contributed by atoms with Crippen molar-refractivity contribution in [3.8, 4) is 6.07 Å². The van der Waals surface area contributed by atoms with Gasteiger partial charge in [0.25, 0.3) is 0 Å². The summed E-state index contributed by atoms with van der Waals surface area (Å²) in [5.74, 6) is 2.40. The van der Waals surface area contributed by atoms with Gasteiger partial charge in [0.15, 0.2) is 0 Å². The second-order valence-corrected chi connectivity index (χ2v) is 4.76. The third-order valence-electron chi connectivity index (χ3n) is 2.68. The summed E-state index contributed by atoms with van der Waals surface area (Å²) in [7, 11) is 3.59. The average Bonchev–Trinajstić information content (AvgIpc) is 3.03. The fourth-order valence-electron chi connectivity index (χ4n) is 1.53. The molecule has 0 radical (unpaired) electrons. The van der Waals surface area contributed by atoms with Gasteiger partial charge < -0.3 is 10.1 Å². The molecule has 14 heavy (non-hydrogen) atoms. The second-order valence-electron chi connectivity index (χ2n) is 3.65. The maximum atomic E-state index is 9.19. The Morgan fingerprint density at radius 3 is 2.79 bits per heavy atom. The zero-order valence-corrected chi connectivity index (χ0v) is 9.69. The van der Waals surface area contributed by atoms with E-state index in [2.05, 4.69) is 11.4 Å². The Kier molecular flexibility index (Phi) is 4.73. The van der Waals surface area contributed by atoms with E-state index in [-0.39, 0.29) is 5.54 Å². The topological polar surface area (TPSA) is 45.0 Å². The third-order valence-corrected chi connectivity index (χ3v) is 3.80. The van der Waals surface area contributed by atoms with Crippen molar-refractivity contribution in [1.29, 1.82) is 5.26 Å². The molecule has 80 valence electrons. The van der Waals surface area contributed by atoms with Gasteiger partial charge in [0.2, 0.25) is 0 Å². The predicted molar refractivity (Wildman–Crippen MR) is 59.3 cm³/mol. The van der Waals surface area contributed by atoms with Crippen molar-refractivity contribution in [1.82, 2.24) is 5.32 Å². The lowest BCUT2D eigenvalue weighted by atomic mass is 9.98. The first kappa shape index (κ1) is 11.8. The van der Waals surface area contributed by atoms with E-state index >= 15 is 0 Å². The first-order chi connectivity index (χ1) is 6.79. The van der Waals surface area contributed by atoms with E-state index < -0.39 is 0 Å². The first-order valence-electron chi connectivity index (χ1n) is 4.96. The van der Waals surface area contributed by atoms with Crippen LogP contribution in [0.4, 0.5) is 0 Å². The quantitative estimate of drug-likeness (QED) is 0.648. The van der Waals surface area contributed by atoms with Gasteiger partial charge in [0.05, 0.1) is 12.7 Å². The number of hydrogen-bond acceptors (Lipinski definition) is 4. The van der Waals surface area contributed by atoms with Crippen LogP contribution in [0.2, 0.25) is 0 Å². The standard InChI is InChI=1S/C10H18N2OS/c1-12-10(7-11,9-3-4-9)8-14-6-5-13-2/h9,12H,3-6,8H2,1-2H3. The Bertz CT molecular complexity index is 213. The summed E-state index contributed by atoms with van der Waals surface area (Å²) in [5, 5.41) is 12.4. The lowest BCUT2D eigenvalue weighted by molar-refractivity contribution is 0.218. The summed E-state index contributed by atoms with van der Waals surface area (Å²) in [6, 6.07) is 2.43. The molecule has 1 aliphatic carbocycles. The normalized spacial score (nSPS) is 20.1. The Hall–Kier alpha value is -0.240. The minimum Gasteiger partial charge on any atom is -0.384 e. The Labute approximate surface area is 90.2 Å². The number of nitrogens with zero attached hydrogens (tertiary/aromatic N) is 1. The molecule has 0 amide bonds. The number of rotatable bonds is 7. The number of ether oxygens (including phenoxy) is 1. The molecule has 0 spiro atoms. The van der Waals surface area contributed by atoms with Gasteiger partial charge in [-0.3, -0.25) is 0 Å². The van der Waals surface area contributed by atoms with Crippen LogP contribution < -0.4 is 5.32 Å². The molecule has 1 fully saturated rings. The summed E-state index contributed by atoms with van der Waals surface area (Å²) in [4.78, 5) is 0. The average molecular weight is 214 g/mol. The highest BCUT2D eigenvalue weighted by Gasteiger charge is 2.44. The van der Waals surface area contributed by atoms with Crippen LogP contribution in [-0.4, -0.2) is 37.8 Å². The van der Waals surface area contributed by atoms with Crippen LogP contribution >= 0.6 is 11.8 Å². The van der Waals surface area contributed by atoms with E-state index in [1.165, 1.54) is 12.8 Å². The smallest absolute Gasteiger partial charge is 0.118 e. The number of nitrogens with one attached hydrogen (secondary N) is 1. The fourth-order valence-corrected chi connectivity index (χ4v) is 2.72. The third kappa shape index (κ3) is 2.88. The second kappa shape index (κ2) is 5.59. The lowest BCUT2D eigenvalue weighted by Crippen LogP contribution is -2.46. The molecule has 1 atom stereocenters. The fraction of sp³-hybridized carbons (Fsp3) is 0.900. The van der Waals surface area contributed by atoms with Gasteiger partial charge in [0.1, 0.15) is 5.54 Å². The minimum atomic E-state index is -0.293. The molecule has 0 heterocycles. The van der Waals surface area contributed by atoms with Crippen molar-refractivity contribution in [3.63, 3.8) is 0 Å². The summed E-state index contributed by atoms with van der Waals surface area (Å²) in [5.41, 5.74) is -0.293. The van der Waals surface area contributed by atoms with Crippen LogP contribution in [0.15, 0.2) is 0 Å². The zero-order chi connectivity index (χ0) is 10.4. The molecule has 4 heteroatoms. The molecule has 1 rings (SSSR count). The monoisotopic (exact) mass is 214 g/mol. The molecular formula is C10H18N2OS. The lowest BCUT2D eigenvalue weighted by Gasteiger charge is -2.25. The van der Waals surface area contributed by atoms with E-state index in [0.717, 1.165) is 18.1 Å². The summed E-state index contributed by atoms with van der Waals surface area (Å²) in [6.07, 6.45) is 2.39. The molecule has 3 nitrogen and oxygen atoms in total. The van der Waals surface area contributed by atoms with E-state index in [1.807, 2.05) is 7.05 Å². The van der Waals surface area contributed by atoms with Gasteiger partial charge in [-0.1, -0.05) is 0 Å². The van der Waals surface area contributed by atoms with E-state index in [0.29, 0.717) is 5.92 Å². The highest BCUT2D eigenvalue weighted by Crippen LogP contribution is 2.40. The zero-order valence-electron chi connectivity index (χ0n) is 8.88. The highest BCUT2D eigenvalue weighted by molar-refractivity contribution is 7.99. The number of nitriles is 1. The van der Waals surface area contributed by atoms with Crippen molar-refractivity contribution < 1.29 is 4.74 Å². The van der Waals surface area contributed by atoms with Crippen LogP contribution in [0.3, 0.4) is 0 Å². The van der Waals surface area contributed by atoms with Crippen molar-refractivity contribution in [2.45, 2.75) is 18.4 Å². The molecule has 1 N–H and O–H groups in total. The molecule has 1 saturated carbocycles. The SMILES string of the molecule is CNC(C#N)(CSCCOC)C1CC1. The van der Waals surface area contributed by atoms with E-state index in [4.69, 9.17) is 4.74 Å². The summed E-state index contributed by atoms with van der Waals surface area (Å²) in [6.45, 7) is 0.764. The maximum absolute atomic E-state index is 9.19. The van der Waals surface area contributed by atoms with Crippen molar-refractivity contribution >= 4 is 11.8 Å². The first-order valence-corrected chi connectivity index (χ1v) is 6.11. The Morgan fingerprint density at radius 1 is 1.64 bits per heavy atom. The van der Waals surface area contributed by atoms with Crippen LogP contribution in [0.1, 0.15) is 12.8 Å². The van der Waals surface area contributed by atoms with E-state index in [9.17, 15) is 5.26 Å². The minimum absolute atomic E-state index is 0.293. The molecule has 1 aliphatic rings. The van der Waals surface area contributed by atoms with Gasteiger partial charge >= 0.3 is 0 Å². The Balaban J connectivity index is 2.32. The Morgan fingerprint density at radius 2 is 2.36 bits per heavy atom. The maximum Gasteiger partial charge on any atom is 0.118 e. The van der Waals surface area contributed by atoms with Gasteiger partial charge in [0, 0.05) is 18.6 Å². The van der Waals surface area contributed by atoms with Crippen LogP contribution in [0.25, 0.3) is 0 Å². The van der Waals surface area contributed by atoms with Crippen molar-refractivity contribution in [2.24, 2.45) is 5.92 Å². The van der Waals surface area contributed by atoms with Gasteiger partial charge in [-0.05, 0) is 25.8 Å². The van der Waals surface area contributed by atoms with Crippen LogP contribution in [-0.2, 0) is 4.74 Å². The molecule has 0 bridgehead atoms. The van der Waals surface area contributed by atoms with Crippen molar-refractivity contribution in [3.05, 3.63) is 0 Å². The summed E-state index contributed by atoms with van der Waals surface area (Å²) >= 11 is 1.79. The molecule has 1 unspecified atom stereocenters. The van der Waals surface area contributed by atoms with Gasteiger partial charge in [-0.15, -0.1) is 0 Å². The van der Waals surface area contributed by atoms with Crippen LogP contribution in [0, 0.1) is 17.2 Å². The van der Waals surface area contributed by atoms with Crippen molar-refractivity contribution in [2.75, 3.05) is 32.3 Å². The molecular weight excluding hydrogens is 196 g/mol. The number of thioether (sulfide) groups is 1. The number of hydrogen-bond donors (Lipinski definition) is 1. The molecule has 0 aliphatic heterocycles.